The lowest BCUT2D eigenvalue weighted by atomic mass is 9.91. The van der Waals surface area contributed by atoms with Crippen molar-refractivity contribution in [3.8, 4) is 0 Å². The van der Waals surface area contributed by atoms with Gasteiger partial charge in [-0.25, -0.2) is 0 Å². The molecule has 0 radical (unpaired) electrons. The highest BCUT2D eigenvalue weighted by molar-refractivity contribution is 6.00. The van der Waals surface area contributed by atoms with Gasteiger partial charge in [-0.1, -0.05) is 12.7 Å². The first-order valence-electron chi connectivity index (χ1n) is 4.83. The van der Waals surface area contributed by atoms with Gasteiger partial charge in [0.15, 0.2) is 0 Å². The average Bonchev–Trinajstić information content (AvgIpc) is 2.21. The van der Waals surface area contributed by atoms with Gasteiger partial charge in [-0.15, -0.1) is 0 Å². The Kier molecular flexibility index (Phi) is 3.97. The number of carbonyl (C=O) groups excluding carboxylic acids is 2. The van der Waals surface area contributed by atoms with Crippen LogP contribution in [0, 0.1) is 5.92 Å². The molecule has 1 atom stereocenters. The van der Waals surface area contributed by atoms with E-state index in [9.17, 15) is 9.59 Å². The molecule has 1 fully saturated rings. The van der Waals surface area contributed by atoms with Crippen LogP contribution in [0.3, 0.4) is 0 Å². The summed E-state index contributed by atoms with van der Waals surface area (Å²) in [5.41, 5.74) is 0.748. The summed E-state index contributed by atoms with van der Waals surface area (Å²) < 4.78 is 0. The number of hydrogen-bond donors (Lipinski definition) is 1. The fraction of sp³-hybridized carbons (Fsp3) is 0.364. The van der Waals surface area contributed by atoms with E-state index in [1.165, 1.54) is 0 Å². The second kappa shape index (κ2) is 5.24. The van der Waals surface area contributed by atoms with Crippen LogP contribution < -0.4 is 5.32 Å². The molecular weight excluding hydrogens is 192 g/mol. The maximum absolute atomic E-state index is 11.5. The fourth-order valence-corrected chi connectivity index (χ4v) is 1.46. The molecule has 1 heterocycles. The second-order valence-corrected chi connectivity index (χ2v) is 3.24. The van der Waals surface area contributed by atoms with E-state index >= 15 is 0 Å². The van der Waals surface area contributed by atoms with E-state index in [4.69, 9.17) is 0 Å². The minimum atomic E-state index is -0.302. The first-order valence-corrected chi connectivity index (χ1v) is 4.83. The summed E-state index contributed by atoms with van der Waals surface area (Å²) in [5, 5.41) is 2.30. The Bertz CT molecular complexity index is 342. The van der Waals surface area contributed by atoms with Crippen LogP contribution in [0.15, 0.2) is 29.4 Å². The molecule has 0 aromatic rings. The van der Waals surface area contributed by atoms with Crippen molar-refractivity contribution in [2.45, 2.75) is 19.8 Å². The van der Waals surface area contributed by atoms with Crippen LogP contribution in [0.1, 0.15) is 19.8 Å². The summed E-state index contributed by atoms with van der Waals surface area (Å²) in [6.45, 7) is 5.43. The lowest BCUT2D eigenvalue weighted by molar-refractivity contribution is -0.135. The van der Waals surface area contributed by atoms with Gasteiger partial charge in [0.05, 0.1) is 5.92 Å². The molecule has 0 spiro atoms. The topological polar surface area (TPSA) is 58.5 Å². The Morgan fingerprint density at radius 2 is 2.33 bits per heavy atom. The second-order valence-electron chi connectivity index (χ2n) is 3.24. The zero-order valence-corrected chi connectivity index (χ0v) is 8.69. The number of hydrogen-bond acceptors (Lipinski definition) is 3. The highest BCUT2D eigenvalue weighted by atomic mass is 16.2. The minimum Gasteiger partial charge on any atom is -0.296 e. The van der Waals surface area contributed by atoms with Gasteiger partial charge in [-0.05, 0) is 18.9 Å². The molecule has 1 aliphatic heterocycles. The highest BCUT2D eigenvalue weighted by Gasteiger charge is 2.28. The molecule has 0 bridgehead atoms. The van der Waals surface area contributed by atoms with E-state index in [0.29, 0.717) is 12.8 Å². The van der Waals surface area contributed by atoms with Crippen molar-refractivity contribution in [2.75, 3.05) is 0 Å². The van der Waals surface area contributed by atoms with Gasteiger partial charge < -0.3 is 0 Å². The molecule has 4 heteroatoms. The molecule has 80 valence electrons. The molecule has 1 N–H and O–H groups in total. The van der Waals surface area contributed by atoms with Crippen molar-refractivity contribution < 1.29 is 9.59 Å². The standard InChI is InChI=1S/C11H14N2O2/c1-3-8(7-12-4-2)9-5-6-10(14)13-11(9)15/h3-4,7,9H,1,5-6H2,2H3,(H,13,14,15)/b8-7+,12-4?. The first kappa shape index (κ1) is 11.4. The van der Waals surface area contributed by atoms with Crippen molar-refractivity contribution >= 4 is 18.0 Å². The van der Waals surface area contributed by atoms with Crippen molar-refractivity contribution in [3.05, 3.63) is 24.4 Å². The molecule has 0 aromatic carbocycles. The van der Waals surface area contributed by atoms with E-state index < -0.39 is 0 Å². The third-order valence-corrected chi connectivity index (χ3v) is 2.25. The average molecular weight is 206 g/mol. The van der Waals surface area contributed by atoms with Gasteiger partial charge in [-0.3, -0.25) is 19.9 Å². The van der Waals surface area contributed by atoms with Crippen LogP contribution in [0.5, 0.6) is 0 Å². The van der Waals surface area contributed by atoms with Crippen LogP contribution in [-0.4, -0.2) is 18.0 Å². The third kappa shape index (κ3) is 2.87. The first-order chi connectivity index (χ1) is 7.19. The predicted molar refractivity (Wildman–Crippen MR) is 58.3 cm³/mol. The number of nitrogens with zero attached hydrogens (tertiary/aromatic N) is 1. The summed E-state index contributed by atoms with van der Waals surface area (Å²) >= 11 is 0. The maximum Gasteiger partial charge on any atom is 0.234 e. The molecule has 1 saturated heterocycles. The van der Waals surface area contributed by atoms with Crippen LogP contribution in [0.4, 0.5) is 0 Å². The molecular formula is C11H14N2O2. The summed E-state index contributed by atoms with van der Waals surface area (Å²) in [5.74, 6) is -0.772. The van der Waals surface area contributed by atoms with Gasteiger partial charge in [0.25, 0.3) is 0 Å². The van der Waals surface area contributed by atoms with Crippen LogP contribution >= 0.6 is 0 Å². The molecule has 1 unspecified atom stereocenters. The van der Waals surface area contributed by atoms with E-state index in [0.717, 1.165) is 5.57 Å². The van der Waals surface area contributed by atoms with E-state index in [2.05, 4.69) is 16.9 Å². The molecule has 1 rings (SSSR count). The van der Waals surface area contributed by atoms with Crippen LogP contribution in [-0.2, 0) is 9.59 Å². The summed E-state index contributed by atoms with van der Waals surface area (Å²) in [4.78, 5) is 26.4. The van der Waals surface area contributed by atoms with E-state index in [1.807, 2.05) is 0 Å². The summed E-state index contributed by atoms with van der Waals surface area (Å²) in [7, 11) is 0. The van der Waals surface area contributed by atoms with Crippen molar-refractivity contribution in [2.24, 2.45) is 10.9 Å². The Morgan fingerprint density at radius 3 is 2.87 bits per heavy atom. The highest BCUT2D eigenvalue weighted by Crippen LogP contribution is 2.21. The third-order valence-electron chi connectivity index (χ3n) is 2.25. The van der Waals surface area contributed by atoms with Crippen molar-refractivity contribution in [1.29, 1.82) is 0 Å². The zero-order valence-electron chi connectivity index (χ0n) is 8.69. The number of aliphatic imine (C=N–C) groups is 1. The smallest absolute Gasteiger partial charge is 0.234 e. The Morgan fingerprint density at radius 1 is 1.60 bits per heavy atom. The number of piperidine rings is 1. The van der Waals surface area contributed by atoms with Crippen molar-refractivity contribution in [3.63, 3.8) is 0 Å². The number of amides is 2. The molecule has 15 heavy (non-hydrogen) atoms. The predicted octanol–water partition coefficient (Wildman–Crippen LogP) is 1.20. The van der Waals surface area contributed by atoms with Crippen molar-refractivity contribution in [1.82, 2.24) is 5.32 Å². The van der Waals surface area contributed by atoms with Crippen LogP contribution in [0.25, 0.3) is 0 Å². The summed E-state index contributed by atoms with van der Waals surface area (Å²) in [6.07, 6.45) is 5.74. The van der Waals surface area contributed by atoms with Gasteiger partial charge in [0, 0.05) is 18.8 Å². The maximum atomic E-state index is 11.5. The van der Waals surface area contributed by atoms with Gasteiger partial charge in [0.2, 0.25) is 11.8 Å². The normalized spacial score (nSPS) is 23.0. The Labute approximate surface area is 88.8 Å². The lowest BCUT2D eigenvalue weighted by Gasteiger charge is -2.21. The molecule has 4 nitrogen and oxygen atoms in total. The molecule has 0 aromatic heterocycles. The number of nitrogens with one attached hydrogen (secondary N) is 1. The van der Waals surface area contributed by atoms with Gasteiger partial charge >= 0.3 is 0 Å². The number of allylic oxidation sites excluding steroid dienone is 1. The van der Waals surface area contributed by atoms with E-state index in [-0.39, 0.29) is 17.7 Å². The Balaban J connectivity index is 2.81. The molecule has 0 aliphatic carbocycles. The number of carbonyl (C=O) groups is 2. The quantitative estimate of drug-likeness (QED) is 0.428. The molecule has 2 amide bonds. The molecule has 0 saturated carbocycles. The number of imide groups is 1. The Hall–Kier alpha value is -1.71. The lowest BCUT2D eigenvalue weighted by Crippen LogP contribution is -2.41. The van der Waals surface area contributed by atoms with Crippen LogP contribution in [0.2, 0.25) is 0 Å². The van der Waals surface area contributed by atoms with Gasteiger partial charge in [-0.2, -0.15) is 0 Å². The SMILES string of the molecule is C=C/C(=C\N=CC)C1CCC(=O)NC1=O. The largest absolute Gasteiger partial charge is 0.296 e. The number of rotatable bonds is 3. The molecule has 1 aliphatic rings. The summed E-state index contributed by atoms with van der Waals surface area (Å²) in [6, 6.07) is 0. The fourth-order valence-electron chi connectivity index (χ4n) is 1.46. The van der Waals surface area contributed by atoms with Gasteiger partial charge in [0.1, 0.15) is 0 Å². The zero-order chi connectivity index (χ0) is 11.3. The minimum absolute atomic E-state index is 0.210. The van der Waals surface area contributed by atoms with E-state index in [1.54, 1.807) is 25.4 Å². The monoisotopic (exact) mass is 206 g/mol.